The number of allylic oxidation sites excluding steroid dienone is 2. The Labute approximate surface area is 110 Å². The Bertz CT molecular complexity index is 495. The predicted octanol–water partition coefficient (Wildman–Crippen LogP) is 0.402. The van der Waals surface area contributed by atoms with Gasteiger partial charge in [0.05, 0.1) is 6.54 Å². The van der Waals surface area contributed by atoms with Gasteiger partial charge in [-0.15, -0.1) is 0 Å². The predicted molar refractivity (Wildman–Crippen MR) is 66.0 cm³/mol. The van der Waals surface area contributed by atoms with Crippen LogP contribution in [0.15, 0.2) is 16.7 Å². The number of nitrogens with one attached hydrogen (secondary N) is 2. The highest BCUT2D eigenvalue weighted by molar-refractivity contribution is 5.89. The largest absolute Gasteiger partial charge is 0.352 e. The van der Waals surface area contributed by atoms with Crippen LogP contribution in [0.3, 0.4) is 0 Å². The van der Waals surface area contributed by atoms with Crippen LogP contribution in [-0.4, -0.2) is 29.0 Å². The molecule has 102 valence electrons. The fourth-order valence-corrected chi connectivity index (χ4v) is 1.88. The lowest BCUT2D eigenvalue weighted by Crippen LogP contribution is -2.24. The van der Waals surface area contributed by atoms with E-state index in [9.17, 15) is 9.59 Å². The summed E-state index contributed by atoms with van der Waals surface area (Å²) in [5.74, 6) is 0.0252. The second-order valence-corrected chi connectivity index (χ2v) is 4.34. The van der Waals surface area contributed by atoms with Crippen molar-refractivity contribution >= 4 is 11.8 Å². The van der Waals surface area contributed by atoms with Gasteiger partial charge in [0.15, 0.2) is 0 Å². The smallest absolute Gasteiger partial charge is 0.292 e. The van der Waals surface area contributed by atoms with Gasteiger partial charge in [0.2, 0.25) is 11.8 Å². The summed E-state index contributed by atoms with van der Waals surface area (Å²) in [4.78, 5) is 26.7. The first-order valence-corrected chi connectivity index (χ1v) is 6.17. The van der Waals surface area contributed by atoms with Gasteiger partial charge >= 0.3 is 0 Å². The number of amides is 2. The van der Waals surface area contributed by atoms with E-state index in [0.29, 0.717) is 12.3 Å². The maximum Gasteiger partial charge on any atom is 0.292 e. The molecule has 7 nitrogen and oxygen atoms in total. The van der Waals surface area contributed by atoms with E-state index in [1.807, 2.05) is 0 Å². The highest BCUT2D eigenvalue weighted by Crippen LogP contribution is 2.19. The van der Waals surface area contributed by atoms with Crippen molar-refractivity contribution in [3.8, 4) is 0 Å². The molecule has 0 bridgehead atoms. The van der Waals surface area contributed by atoms with Crippen LogP contribution in [0.1, 0.15) is 35.8 Å². The lowest BCUT2D eigenvalue weighted by Gasteiger charge is -2.06. The molecule has 2 amide bonds. The van der Waals surface area contributed by atoms with Gasteiger partial charge in [-0.25, -0.2) is 0 Å². The Kier molecular flexibility index (Phi) is 4.27. The number of hydrogen-bond acceptors (Lipinski definition) is 5. The first-order chi connectivity index (χ1) is 9.19. The Balaban J connectivity index is 1.78. The third kappa shape index (κ3) is 3.64. The highest BCUT2D eigenvalue weighted by Gasteiger charge is 2.16. The molecule has 0 saturated carbocycles. The zero-order valence-corrected chi connectivity index (χ0v) is 10.7. The first-order valence-electron chi connectivity index (χ1n) is 6.17. The van der Waals surface area contributed by atoms with E-state index < -0.39 is 5.91 Å². The van der Waals surface area contributed by atoms with Crippen LogP contribution in [0.25, 0.3) is 0 Å². The Morgan fingerprint density at radius 1 is 1.53 bits per heavy atom. The minimum Gasteiger partial charge on any atom is -0.352 e. The van der Waals surface area contributed by atoms with Gasteiger partial charge in [0, 0.05) is 13.5 Å². The molecule has 2 rings (SSSR count). The molecule has 1 aromatic rings. The Hall–Kier alpha value is -2.18. The second kappa shape index (κ2) is 6.12. The number of rotatable bonds is 5. The summed E-state index contributed by atoms with van der Waals surface area (Å²) in [7, 11) is 1.48. The molecule has 0 radical (unpaired) electrons. The van der Waals surface area contributed by atoms with Crippen molar-refractivity contribution in [2.45, 2.75) is 25.8 Å². The molecule has 0 aliphatic heterocycles. The number of nitrogens with zero attached hydrogens (tertiary/aromatic N) is 2. The number of hydrogen-bond donors (Lipinski definition) is 2. The van der Waals surface area contributed by atoms with Gasteiger partial charge in [-0.2, -0.15) is 4.98 Å². The number of carbonyl (C=O) groups excluding carboxylic acids is 2. The fourth-order valence-electron chi connectivity index (χ4n) is 1.88. The van der Waals surface area contributed by atoms with Crippen molar-refractivity contribution in [2.24, 2.45) is 5.92 Å². The fraction of sp³-hybridized carbons (Fsp3) is 0.500. The van der Waals surface area contributed by atoms with Crippen LogP contribution < -0.4 is 10.6 Å². The molecule has 0 saturated heterocycles. The molecule has 0 fully saturated rings. The average Bonchev–Trinajstić information content (AvgIpc) is 3.06. The molecule has 1 aliphatic rings. The van der Waals surface area contributed by atoms with E-state index in [4.69, 9.17) is 4.52 Å². The van der Waals surface area contributed by atoms with Crippen molar-refractivity contribution in [1.82, 2.24) is 20.8 Å². The number of aromatic nitrogens is 2. The lowest BCUT2D eigenvalue weighted by atomic mass is 10.1. The third-order valence-electron chi connectivity index (χ3n) is 2.89. The van der Waals surface area contributed by atoms with Gasteiger partial charge in [0.25, 0.3) is 11.7 Å². The molecule has 1 aliphatic carbocycles. The van der Waals surface area contributed by atoms with Gasteiger partial charge < -0.3 is 15.2 Å². The summed E-state index contributed by atoms with van der Waals surface area (Å²) in [6, 6.07) is 0. The summed E-state index contributed by atoms with van der Waals surface area (Å²) < 4.78 is 4.86. The van der Waals surface area contributed by atoms with E-state index in [0.717, 1.165) is 12.8 Å². The minimum atomic E-state index is -0.419. The standard InChI is InChI=1S/C12H16N4O3/c1-13-12(18)11-15-10(19-16-11)7-14-9(17)6-8-4-2-3-5-8/h2,4,8H,3,5-7H2,1H3,(H,13,18)(H,14,17). The zero-order chi connectivity index (χ0) is 13.7. The summed E-state index contributed by atoms with van der Waals surface area (Å²) in [5.41, 5.74) is 0. The van der Waals surface area contributed by atoms with E-state index >= 15 is 0 Å². The SMILES string of the molecule is CNC(=O)c1noc(CNC(=O)CC2C=CCC2)n1. The quantitative estimate of drug-likeness (QED) is 0.750. The summed E-state index contributed by atoms with van der Waals surface area (Å²) in [5, 5.41) is 8.59. The molecule has 1 atom stereocenters. The summed E-state index contributed by atoms with van der Waals surface area (Å²) >= 11 is 0. The van der Waals surface area contributed by atoms with Gasteiger partial charge in [-0.1, -0.05) is 17.3 Å². The van der Waals surface area contributed by atoms with Crippen LogP contribution in [0, 0.1) is 5.92 Å². The molecule has 19 heavy (non-hydrogen) atoms. The highest BCUT2D eigenvalue weighted by atomic mass is 16.5. The molecular weight excluding hydrogens is 248 g/mol. The van der Waals surface area contributed by atoms with Gasteiger partial charge in [0.1, 0.15) is 0 Å². The Morgan fingerprint density at radius 2 is 2.37 bits per heavy atom. The normalized spacial score (nSPS) is 17.4. The maximum atomic E-state index is 11.7. The zero-order valence-electron chi connectivity index (χ0n) is 10.7. The van der Waals surface area contributed by atoms with Crippen molar-refractivity contribution < 1.29 is 14.1 Å². The van der Waals surface area contributed by atoms with E-state index in [-0.39, 0.29) is 24.2 Å². The minimum absolute atomic E-state index is 0.0366. The molecule has 1 unspecified atom stereocenters. The molecule has 7 heteroatoms. The van der Waals surface area contributed by atoms with E-state index in [1.165, 1.54) is 7.05 Å². The van der Waals surface area contributed by atoms with Crippen molar-refractivity contribution in [1.29, 1.82) is 0 Å². The Morgan fingerprint density at radius 3 is 3.05 bits per heavy atom. The lowest BCUT2D eigenvalue weighted by molar-refractivity contribution is -0.122. The van der Waals surface area contributed by atoms with E-state index in [2.05, 4.69) is 32.9 Å². The molecule has 0 aromatic carbocycles. The van der Waals surface area contributed by atoms with Crippen LogP contribution in [0.2, 0.25) is 0 Å². The monoisotopic (exact) mass is 264 g/mol. The number of carbonyl (C=O) groups is 2. The maximum absolute atomic E-state index is 11.7. The van der Waals surface area contributed by atoms with Crippen LogP contribution in [-0.2, 0) is 11.3 Å². The molecule has 2 N–H and O–H groups in total. The third-order valence-corrected chi connectivity index (χ3v) is 2.89. The van der Waals surface area contributed by atoms with Crippen LogP contribution >= 0.6 is 0 Å². The topological polar surface area (TPSA) is 97.1 Å². The summed E-state index contributed by atoms with van der Waals surface area (Å²) in [6.07, 6.45) is 6.68. The molecule has 1 aromatic heterocycles. The van der Waals surface area contributed by atoms with Gasteiger partial charge in [-0.3, -0.25) is 9.59 Å². The van der Waals surface area contributed by atoms with Crippen molar-refractivity contribution in [3.05, 3.63) is 23.9 Å². The first kappa shape index (κ1) is 13.3. The second-order valence-electron chi connectivity index (χ2n) is 4.34. The molecule has 0 spiro atoms. The van der Waals surface area contributed by atoms with Crippen LogP contribution in [0.4, 0.5) is 0 Å². The van der Waals surface area contributed by atoms with Crippen LogP contribution in [0.5, 0.6) is 0 Å². The summed E-state index contributed by atoms with van der Waals surface area (Å²) in [6.45, 7) is 0.138. The average molecular weight is 264 g/mol. The van der Waals surface area contributed by atoms with Crippen molar-refractivity contribution in [2.75, 3.05) is 7.05 Å². The molecular formula is C12H16N4O3. The molecule has 1 heterocycles. The van der Waals surface area contributed by atoms with Crippen molar-refractivity contribution in [3.63, 3.8) is 0 Å². The van der Waals surface area contributed by atoms with E-state index in [1.54, 1.807) is 0 Å². The van der Waals surface area contributed by atoms with Gasteiger partial charge in [-0.05, 0) is 18.8 Å².